The maximum absolute atomic E-state index is 2.91. The first-order valence-electron chi connectivity index (χ1n) is 28.6. The molecule has 4 nitrogen and oxygen atoms in total. The number of rotatable bonds is 44. The molecule has 0 saturated carbocycles. The Kier molecular flexibility index (Phi) is 46.6. The van der Waals surface area contributed by atoms with Crippen molar-refractivity contribution >= 4 is 0 Å². The van der Waals surface area contributed by atoms with Gasteiger partial charge in [0, 0.05) is 52.4 Å². The second-order valence-corrected chi connectivity index (χ2v) is 20.1. The van der Waals surface area contributed by atoms with Gasteiger partial charge in [-0.1, -0.05) is 259 Å². The lowest BCUT2D eigenvalue weighted by Crippen LogP contribution is -2.46. The Hall–Kier alpha value is -0.160. The Morgan fingerprint density at radius 2 is 0.283 bits per heavy atom. The molecule has 0 N–H and O–H groups in total. The summed E-state index contributed by atoms with van der Waals surface area (Å²) in [7, 11) is 0. The molecule has 0 aromatic heterocycles. The van der Waals surface area contributed by atoms with Gasteiger partial charge in [-0.25, -0.2) is 0 Å². The van der Waals surface area contributed by atoms with E-state index < -0.39 is 0 Å². The van der Waals surface area contributed by atoms with Crippen LogP contribution in [0.15, 0.2) is 0 Å². The highest BCUT2D eigenvalue weighted by molar-refractivity contribution is 4.73. The highest BCUT2D eigenvalue weighted by atomic mass is 15.3. The molecule has 4 heteroatoms. The summed E-state index contributed by atoms with van der Waals surface area (Å²) in [5.41, 5.74) is 0. The first kappa shape index (κ1) is 57.9. The fourth-order valence-electron chi connectivity index (χ4n) is 9.76. The molecule has 1 rings (SSSR count). The van der Waals surface area contributed by atoms with Gasteiger partial charge in [0.25, 0.3) is 0 Å². The van der Waals surface area contributed by atoms with Crippen LogP contribution in [0.1, 0.15) is 285 Å². The van der Waals surface area contributed by atoms with Gasteiger partial charge in [-0.15, -0.1) is 0 Å². The maximum atomic E-state index is 2.91. The van der Waals surface area contributed by atoms with Crippen molar-refractivity contribution in [1.29, 1.82) is 0 Å². The molecule has 0 aromatic carbocycles. The van der Waals surface area contributed by atoms with Crippen molar-refractivity contribution in [3.63, 3.8) is 0 Å². The molecule has 0 spiro atoms. The van der Waals surface area contributed by atoms with E-state index in [0.717, 1.165) is 0 Å². The van der Waals surface area contributed by atoms with Crippen LogP contribution in [-0.2, 0) is 0 Å². The summed E-state index contributed by atoms with van der Waals surface area (Å²) in [4.78, 5) is 11.6. The van der Waals surface area contributed by atoms with Crippen molar-refractivity contribution in [2.45, 2.75) is 285 Å². The van der Waals surface area contributed by atoms with Crippen LogP contribution in [0.2, 0.25) is 0 Å². The van der Waals surface area contributed by atoms with Gasteiger partial charge < -0.3 is 19.6 Å². The maximum Gasteiger partial charge on any atom is 0.0110 e. The fourth-order valence-corrected chi connectivity index (χ4v) is 9.76. The van der Waals surface area contributed by atoms with Crippen LogP contribution >= 0.6 is 0 Å². The van der Waals surface area contributed by atoms with Crippen molar-refractivity contribution in [1.82, 2.24) is 19.6 Å². The largest absolute Gasteiger partial charge is 0.301 e. The van der Waals surface area contributed by atoms with E-state index in [1.165, 1.54) is 335 Å². The number of hydrogen-bond acceptors (Lipinski definition) is 4. The second kappa shape index (κ2) is 48.3. The summed E-state index contributed by atoms with van der Waals surface area (Å²) < 4.78 is 0. The average Bonchev–Trinajstić information content (AvgIpc) is 3.25. The lowest BCUT2D eigenvalue weighted by Gasteiger charge is -2.34. The molecule has 360 valence electrons. The van der Waals surface area contributed by atoms with E-state index in [0.29, 0.717) is 0 Å². The molecule has 60 heavy (non-hydrogen) atoms. The van der Waals surface area contributed by atoms with Crippen LogP contribution in [0.3, 0.4) is 0 Å². The highest BCUT2D eigenvalue weighted by Gasteiger charge is 2.17. The molecule has 0 unspecified atom stereocenters. The molecule has 1 heterocycles. The Bertz CT molecular complexity index is 645. The first-order valence-corrected chi connectivity index (χ1v) is 28.6. The van der Waals surface area contributed by atoms with Crippen molar-refractivity contribution in [2.24, 2.45) is 0 Å². The lowest BCUT2D eigenvalue weighted by molar-refractivity contribution is 0.129. The van der Waals surface area contributed by atoms with Crippen LogP contribution in [0.5, 0.6) is 0 Å². The summed E-state index contributed by atoms with van der Waals surface area (Å²) in [5.74, 6) is 0. The zero-order valence-corrected chi connectivity index (χ0v) is 42.6. The summed E-state index contributed by atoms with van der Waals surface area (Å²) in [5, 5.41) is 0. The normalized spacial score (nSPS) is 15.8. The molecule has 0 aliphatic carbocycles. The Labute approximate surface area is 381 Å². The van der Waals surface area contributed by atoms with E-state index in [4.69, 9.17) is 0 Å². The first-order chi connectivity index (χ1) is 29.7. The van der Waals surface area contributed by atoms with E-state index in [1.54, 1.807) is 0 Å². The van der Waals surface area contributed by atoms with E-state index in [9.17, 15) is 0 Å². The van der Waals surface area contributed by atoms with E-state index in [-0.39, 0.29) is 0 Å². The third-order valence-electron chi connectivity index (χ3n) is 14.2. The molecular weight excluding hydrogens is 729 g/mol. The highest BCUT2D eigenvalue weighted by Crippen LogP contribution is 2.16. The topological polar surface area (TPSA) is 13.0 Å². The number of hydrogen-bond donors (Lipinski definition) is 0. The Morgan fingerprint density at radius 1 is 0.167 bits per heavy atom. The molecule has 0 radical (unpaired) electrons. The van der Waals surface area contributed by atoms with Crippen molar-refractivity contribution in [3.8, 4) is 0 Å². The zero-order chi connectivity index (χ0) is 43.1. The van der Waals surface area contributed by atoms with Crippen LogP contribution in [0.4, 0.5) is 0 Å². The van der Waals surface area contributed by atoms with E-state index >= 15 is 0 Å². The van der Waals surface area contributed by atoms with Gasteiger partial charge in [0.2, 0.25) is 0 Å². The van der Waals surface area contributed by atoms with Crippen LogP contribution in [0, 0.1) is 0 Å². The van der Waals surface area contributed by atoms with E-state index in [2.05, 4.69) is 47.3 Å². The Balaban J connectivity index is 2.75. The molecule has 1 fully saturated rings. The third kappa shape index (κ3) is 40.6. The van der Waals surface area contributed by atoms with Crippen LogP contribution in [0.25, 0.3) is 0 Å². The predicted octanol–water partition coefficient (Wildman–Crippen LogP) is 16.9. The van der Waals surface area contributed by atoms with Gasteiger partial charge in [0.15, 0.2) is 0 Å². The average molecular weight is 846 g/mol. The molecule has 0 amide bonds. The molecule has 1 aliphatic heterocycles. The lowest BCUT2D eigenvalue weighted by atomic mass is 10.1. The smallest absolute Gasteiger partial charge is 0.0110 e. The summed E-state index contributed by atoms with van der Waals surface area (Å²) in [6, 6.07) is 0. The van der Waals surface area contributed by atoms with Crippen LogP contribution < -0.4 is 0 Å². The molecule has 0 aromatic rings. The standard InChI is InChI=1S/C56H116N4/c1-5-9-13-17-21-25-29-33-37-41-45-57-49-51-58(46-42-38-34-30-26-22-18-14-10-6-2)53-55-60(48-44-40-36-32-28-24-20-16-12-8-4)56-54-59(52-50-57)47-43-39-35-31-27-23-19-15-11-7-3/h5-56H2,1-4H3. The van der Waals surface area contributed by atoms with Crippen molar-refractivity contribution in [2.75, 3.05) is 78.5 Å². The SMILES string of the molecule is CCCCCCCCCCCCN1CCN(CCCCCCCCCCCC)CCN(CCCCCCCCCCCC)CCN(CCCCCCCCCCCC)CC1. The van der Waals surface area contributed by atoms with Crippen molar-refractivity contribution < 1.29 is 0 Å². The van der Waals surface area contributed by atoms with Crippen LogP contribution in [-0.4, -0.2) is 98.1 Å². The summed E-state index contributed by atoms with van der Waals surface area (Å²) in [6.45, 7) is 24.8. The van der Waals surface area contributed by atoms with Gasteiger partial charge in [0.1, 0.15) is 0 Å². The molecule has 1 aliphatic rings. The van der Waals surface area contributed by atoms with Crippen molar-refractivity contribution in [3.05, 3.63) is 0 Å². The quantitative estimate of drug-likeness (QED) is 0.0567. The third-order valence-corrected chi connectivity index (χ3v) is 14.2. The van der Waals surface area contributed by atoms with E-state index in [1.807, 2.05) is 0 Å². The molecule has 1 saturated heterocycles. The number of nitrogens with zero attached hydrogens (tertiary/aromatic N) is 4. The molecule has 0 bridgehead atoms. The summed E-state index contributed by atoms with van der Waals surface area (Å²) in [6.07, 6.45) is 57.5. The van der Waals surface area contributed by atoms with Gasteiger partial charge >= 0.3 is 0 Å². The van der Waals surface area contributed by atoms with Gasteiger partial charge in [-0.2, -0.15) is 0 Å². The molecule has 0 atom stereocenters. The summed E-state index contributed by atoms with van der Waals surface area (Å²) >= 11 is 0. The minimum Gasteiger partial charge on any atom is -0.301 e. The minimum atomic E-state index is 1.28. The van der Waals surface area contributed by atoms with Gasteiger partial charge in [0.05, 0.1) is 0 Å². The van der Waals surface area contributed by atoms with Gasteiger partial charge in [-0.3, -0.25) is 0 Å². The zero-order valence-electron chi connectivity index (χ0n) is 42.6. The predicted molar refractivity (Wildman–Crippen MR) is 273 cm³/mol. The minimum absolute atomic E-state index is 1.28. The fraction of sp³-hybridized carbons (Fsp3) is 1.00. The second-order valence-electron chi connectivity index (χ2n) is 20.1. The van der Waals surface area contributed by atoms with Gasteiger partial charge in [-0.05, 0) is 51.9 Å². The Morgan fingerprint density at radius 3 is 0.417 bits per heavy atom. The molecular formula is C56H116N4. The monoisotopic (exact) mass is 845 g/mol. The number of unbranched alkanes of at least 4 members (excludes halogenated alkanes) is 36.